The van der Waals surface area contributed by atoms with Gasteiger partial charge in [-0.3, -0.25) is 4.79 Å². The standard InChI is InChI=1S/C22H24O4/c1-26-20(23)18-11-9-17(10-12-18)19-8-5-13-22(15-19,21(24)25)14-16-6-3-2-4-7-16/h2-4,6-7,9-12,19H,5,8,13-15H2,1H3,(H,24,25)/t19-,22-/m0/s1. The molecule has 1 fully saturated rings. The second-order valence-corrected chi connectivity index (χ2v) is 7.15. The van der Waals surface area contributed by atoms with Gasteiger partial charge in [0.15, 0.2) is 0 Å². The van der Waals surface area contributed by atoms with E-state index in [1.807, 2.05) is 42.5 Å². The number of carboxylic acids is 1. The van der Waals surface area contributed by atoms with Crippen LogP contribution in [0.25, 0.3) is 0 Å². The van der Waals surface area contributed by atoms with Crippen LogP contribution in [-0.4, -0.2) is 24.2 Å². The van der Waals surface area contributed by atoms with Gasteiger partial charge in [-0.1, -0.05) is 48.9 Å². The van der Waals surface area contributed by atoms with Crippen LogP contribution in [0.5, 0.6) is 0 Å². The molecule has 0 unspecified atom stereocenters. The van der Waals surface area contributed by atoms with Gasteiger partial charge >= 0.3 is 11.9 Å². The molecule has 2 aromatic carbocycles. The average molecular weight is 352 g/mol. The highest BCUT2D eigenvalue weighted by molar-refractivity contribution is 5.89. The molecule has 1 saturated carbocycles. The third-order valence-electron chi connectivity index (χ3n) is 5.49. The Morgan fingerprint density at radius 2 is 1.81 bits per heavy atom. The monoisotopic (exact) mass is 352 g/mol. The molecule has 4 nitrogen and oxygen atoms in total. The molecule has 0 spiro atoms. The van der Waals surface area contributed by atoms with Gasteiger partial charge in [0.25, 0.3) is 0 Å². The first kappa shape index (κ1) is 18.2. The van der Waals surface area contributed by atoms with Crippen molar-refractivity contribution in [1.29, 1.82) is 0 Å². The number of ether oxygens (including phenoxy) is 1. The van der Waals surface area contributed by atoms with Gasteiger partial charge in [0, 0.05) is 0 Å². The number of hydrogen-bond donors (Lipinski definition) is 1. The quantitative estimate of drug-likeness (QED) is 0.808. The maximum atomic E-state index is 12.2. The minimum atomic E-state index is -0.731. The summed E-state index contributed by atoms with van der Waals surface area (Å²) in [5.74, 6) is -0.878. The summed E-state index contributed by atoms with van der Waals surface area (Å²) in [6.45, 7) is 0. The van der Waals surface area contributed by atoms with Gasteiger partial charge in [0.2, 0.25) is 0 Å². The molecule has 136 valence electrons. The van der Waals surface area contributed by atoms with Crippen molar-refractivity contribution in [2.24, 2.45) is 5.41 Å². The fraction of sp³-hybridized carbons (Fsp3) is 0.364. The van der Waals surface area contributed by atoms with E-state index < -0.39 is 11.4 Å². The van der Waals surface area contributed by atoms with Gasteiger partial charge < -0.3 is 9.84 Å². The van der Waals surface area contributed by atoms with Gasteiger partial charge in [0.05, 0.1) is 18.1 Å². The van der Waals surface area contributed by atoms with Crippen molar-refractivity contribution in [3.63, 3.8) is 0 Å². The zero-order chi connectivity index (χ0) is 18.6. The Morgan fingerprint density at radius 3 is 2.42 bits per heavy atom. The first-order valence-corrected chi connectivity index (χ1v) is 9.00. The van der Waals surface area contributed by atoms with Crippen LogP contribution in [0.2, 0.25) is 0 Å². The smallest absolute Gasteiger partial charge is 0.337 e. The molecule has 1 aliphatic rings. The summed E-state index contributed by atoms with van der Waals surface area (Å²) in [5.41, 5.74) is 1.94. The van der Waals surface area contributed by atoms with E-state index in [4.69, 9.17) is 4.74 Å². The number of carboxylic acid groups (broad SMARTS) is 1. The summed E-state index contributed by atoms with van der Waals surface area (Å²) in [6, 6.07) is 17.2. The van der Waals surface area contributed by atoms with E-state index in [2.05, 4.69) is 0 Å². The van der Waals surface area contributed by atoms with Gasteiger partial charge in [-0.15, -0.1) is 0 Å². The topological polar surface area (TPSA) is 63.6 Å². The second-order valence-electron chi connectivity index (χ2n) is 7.15. The van der Waals surface area contributed by atoms with Crippen LogP contribution in [0.3, 0.4) is 0 Å². The lowest BCUT2D eigenvalue weighted by molar-refractivity contribution is -0.151. The summed E-state index contributed by atoms with van der Waals surface area (Å²) in [4.78, 5) is 23.8. The van der Waals surface area contributed by atoms with Crippen LogP contribution in [-0.2, 0) is 16.0 Å². The molecular formula is C22H24O4. The number of carbonyl (C=O) groups excluding carboxylic acids is 1. The van der Waals surface area contributed by atoms with Crippen LogP contribution in [0.15, 0.2) is 54.6 Å². The molecule has 0 saturated heterocycles. The number of rotatable bonds is 5. The molecule has 0 heterocycles. The Morgan fingerprint density at radius 1 is 1.12 bits per heavy atom. The maximum absolute atomic E-state index is 12.2. The number of benzene rings is 2. The largest absolute Gasteiger partial charge is 0.481 e. The number of carbonyl (C=O) groups is 2. The third kappa shape index (κ3) is 3.79. The van der Waals surface area contributed by atoms with E-state index >= 15 is 0 Å². The van der Waals surface area contributed by atoms with Crippen LogP contribution < -0.4 is 0 Å². The number of aliphatic carboxylic acids is 1. The number of hydrogen-bond acceptors (Lipinski definition) is 3. The van der Waals surface area contributed by atoms with Crippen LogP contribution >= 0.6 is 0 Å². The minimum Gasteiger partial charge on any atom is -0.481 e. The lowest BCUT2D eigenvalue weighted by Gasteiger charge is -2.38. The zero-order valence-corrected chi connectivity index (χ0v) is 15.0. The minimum absolute atomic E-state index is 0.190. The molecule has 1 N–H and O–H groups in total. The van der Waals surface area contributed by atoms with E-state index in [1.54, 1.807) is 12.1 Å². The summed E-state index contributed by atoms with van der Waals surface area (Å²) < 4.78 is 4.74. The summed E-state index contributed by atoms with van der Waals surface area (Å²) in [7, 11) is 1.36. The van der Waals surface area contributed by atoms with Gasteiger partial charge in [-0.2, -0.15) is 0 Å². The molecule has 0 radical (unpaired) electrons. The van der Waals surface area contributed by atoms with Crippen LogP contribution in [0.4, 0.5) is 0 Å². The first-order chi connectivity index (χ1) is 12.5. The first-order valence-electron chi connectivity index (χ1n) is 9.00. The van der Waals surface area contributed by atoms with Crippen LogP contribution in [0, 0.1) is 5.41 Å². The molecular weight excluding hydrogens is 328 g/mol. The molecule has 2 atom stereocenters. The van der Waals surface area contributed by atoms with Crippen molar-refractivity contribution >= 4 is 11.9 Å². The summed E-state index contributed by atoms with van der Waals surface area (Å²) in [6.07, 6.45) is 3.74. The highest BCUT2D eigenvalue weighted by atomic mass is 16.5. The van der Waals surface area contributed by atoms with Crippen molar-refractivity contribution < 1.29 is 19.4 Å². The summed E-state index contributed by atoms with van der Waals surface area (Å²) in [5, 5.41) is 10.0. The average Bonchev–Trinajstić information content (AvgIpc) is 2.68. The van der Waals surface area contributed by atoms with Gasteiger partial charge in [-0.25, -0.2) is 4.79 Å². The lowest BCUT2D eigenvalue weighted by atomic mass is 9.65. The molecule has 1 aliphatic carbocycles. The summed E-state index contributed by atoms with van der Waals surface area (Å²) >= 11 is 0. The molecule has 4 heteroatoms. The molecule has 3 rings (SSSR count). The Labute approximate surface area is 153 Å². The predicted octanol–water partition coefficient (Wildman–Crippen LogP) is 4.44. The van der Waals surface area contributed by atoms with Crippen LogP contribution in [0.1, 0.15) is 53.1 Å². The number of esters is 1. The van der Waals surface area contributed by atoms with Crippen molar-refractivity contribution in [3.8, 4) is 0 Å². The predicted molar refractivity (Wildman–Crippen MR) is 99.2 cm³/mol. The Hall–Kier alpha value is -2.62. The Balaban J connectivity index is 1.82. The molecule has 0 bridgehead atoms. The zero-order valence-electron chi connectivity index (χ0n) is 15.0. The number of methoxy groups -OCH3 is 1. The van der Waals surface area contributed by atoms with Gasteiger partial charge in [-0.05, 0) is 54.9 Å². The van der Waals surface area contributed by atoms with Crippen molar-refractivity contribution in [2.45, 2.75) is 38.0 Å². The lowest BCUT2D eigenvalue weighted by Crippen LogP contribution is -2.38. The Bertz CT molecular complexity index is 766. The van der Waals surface area contributed by atoms with E-state index in [0.717, 1.165) is 24.0 Å². The van der Waals surface area contributed by atoms with Crippen molar-refractivity contribution in [2.75, 3.05) is 7.11 Å². The van der Waals surface area contributed by atoms with Gasteiger partial charge in [0.1, 0.15) is 0 Å². The third-order valence-corrected chi connectivity index (χ3v) is 5.49. The SMILES string of the molecule is COC(=O)c1ccc([C@H]2CCC[C@@](Cc3ccccc3)(C(=O)O)C2)cc1. The normalized spacial score (nSPS) is 22.6. The molecule has 0 amide bonds. The second kappa shape index (κ2) is 7.73. The van der Waals surface area contributed by atoms with Crippen molar-refractivity contribution in [3.05, 3.63) is 71.3 Å². The molecule has 0 aliphatic heterocycles. The van der Waals surface area contributed by atoms with E-state index in [-0.39, 0.29) is 11.9 Å². The molecule has 0 aromatic heterocycles. The van der Waals surface area contributed by atoms with Crippen molar-refractivity contribution in [1.82, 2.24) is 0 Å². The fourth-order valence-electron chi connectivity index (χ4n) is 4.07. The molecule has 26 heavy (non-hydrogen) atoms. The molecule has 2 aromatic rings. The van der Waals surface area contributed by atoms with E-state index in [0.29, 0.717) is 24.8 Å². The highest BCUT2D eigenvalue weighted by Crippen LogP contribution is 2.46. The van der Waals surface area contributed by atoms with E-state index in [1.165, 1.54) is 7.11 Å². The fourth-order valence-corrected chi connectivity index (χ4v) is 4.07. The van der Waals surface area contributed by atoms with E-state index in [9.17, 15) is 14.7 Å². The Kier molecular flexibility index (Phi) is 5.40. The maximum Gasteiger partial charge on any atom is 0.337 e. The highest BCUT2D eigenvalue weighted by Gasteiger charge is 2.43.